The van der Waals surface area contributed by atoms with E-state index in [2.05, 4.69) is 11.9 Å². The minimum absolute atomic E-state index is 0.958. The molecule has 0 heterocycles. The van der Waals surface area contributed by atoms with Gasteiger partial charge in [-0.3, -0.25) is 4.99 Å². The largest absolute Gasteiger partial charge is 0.404 e. The van der Waals surface area contributed by atoms with Crippen LogP contribution in [0.25, 0.3) is 0 Å². The molecule has 0 atom stereocenters. The van der Waals surface area contributed by atoms with E-state index in [1.54, 1.807) is 13.2 Å². The summed E-state index contributed by atoms with van der Waals surface area (Å²) in [6.45, 7) is 4.02. The van der Waals surface area contributed by atoms with Crippen LogP contribution in [0.15, 0.2) is 16.8 Å². The Balaban J connectivity index is 4.14. The molecule has 0 aliphatic carbocycles. The van der Waals surface area contributed by atoms with E-state index in [9.17, 15) is 0 Å². The summed E-state index contributed by atoms with van der Waals surface area (Å²) in [5, 5.41) is 0. The van der Waals surface area contributed by atoms with Crippen molar-refractivity contribution in [3.63, 3.8) is 0 Å². The van der Waals surface area contributed by atoms with Gasteiger partial charge in [0.2, 0.25) is 0 Å². The maximum atomic E-state index is 5.32. The maximum Gasteiger partial charge on any atom is 0.0360 e. The number of hydrogen-bond acceptors (Lipinski definition) is 2. The van der Waals surface area contributed by atoms with Crippen LogP contribution in [0, 0.1) is 0 Å². The fourth-order valence-electron chi connectivity index (χ4n) is 0.638. The van der Waals surface area contributed by atoms with E-state index in [1.165, 1.54) is 0 Å². The zero-order chi connectivity index (χ0) is 7.28. The van der Waals surface area contributed by atoms with Crippen LogP contribution in [0.1, 0.15) is 20.3 Å². The molecule has 0 spiro atoms. The van der Waals surface area contributed by atoms with E-state index in [0.29, 0.717) is 0 Å². The highest BCUT2D eigenvalue weighted by atomic mass is 14.7. The molecule has 0 bridgehead atoms. The van der Waals surface area contributed by atoms with Crippen molar-refractivity contribution in [2.75, 3.05) is 7.05 Å². The molecular formula is C7H14N2. The molecule has 2 nitrogen and oxygen atoms in total. The molecular weight excluding hydrogens is 112 g/mol. The smallest absolute Gasteiger partial charge is 0.0360 e. The van der Waals surface area contributed by atoms with Gasteiger partial charge in [-0.15, -0.1) is 0 Å². The number of aliphatic imine (C=N–C) groups is 1. The zero-order valence-electron chi connectivity index (χ0n) is 6.31. The van der Waals surface area contributed by atoms with Gasteiger partial charge in [-0.05, 0) is 25.1 Å². The van der Waals surface area contributed by atoms with Gasteiger partial charge < -0.3 is 5.73 Å². The SMILES string of the molecule is CCC(=CN)C(C)=NC. The van der Waals surface area contributed by atoms with Crippen LogP contribution in [0.5, 0.6) is 0 Å². The molecule has 0 unspecified atom stereocenters. The van der Waals surface area contributed by atoms with Gasteiger partial charge >= 0.3 is 0 Å². The molecule has 0 amide bonds. The van der Waals surface area contributed by atoms with Crippen molar-refractivity contribution < 1.29 is 0 Å². The highest BCUT2D eigenvalue weighted by molar-refractivity contribution is 5.97. The molecule has 0 radical (unpaired) electrons. The molecule has 2 heteroatoms. The van der Waals surface area contributed by atoms with Crippen LogP contribution in [-0.4, -0.2) is 12.8 Å². The van der Waals surface area contributed by atoms with Crippen LogP contribution in [0.2, 0.25) is 0 Å². The maximum absolute atomic E-state index is 5.32. The van der Waals surface area contributed by atoms with Crippen molar-refractivity contribution in [3.8, 4) is 0 Å². The normalized spacial score (nSPS) is 14.1. The van der Waals surface area contributed by atoms with Gasteiger partial charge in [-0.25, -0.2) is 0 Å². The molecule has 0 aromatic carbocycles. The molecule has 2 N–H and O–H groups in total. The topological polar surface area (TPSA) is 38.4 Å². The Bertz CT molecular complexity index is 134. The molecule has 0 saturated carbocycles. The molecule has 0 aromatic rings. The quantitative estimate of drug-likeness (QED) is 0.557. The molecule has 0 fully saturated rings. The first-order chi connectivity index (χ1) is 4.26. The Morgan fingerprint density at radius 2 is 2.22 bits per heavy atom. The Kier molecular flexibility index (Phi) is 3.76. The highest BCUT2D eigenvalue weighted by Gasteiger charge is 1.93. The van der Waals surface area contributed by atoms with E-state index in [1.807, 2.05) is 6.92 Å². The predicted molar refractivity (Wildman–Crippen MR) is 41.6 cm³/mol. The summed E-state index contributed by atoms with van der Waals surface area (Å²) >= 11 is 0. The summed E-state index contributed by atoms with van der Waals surface area (Å²) in [6, 6.07) is 0. The van der Waals surface area contributed by atoms with Crippen molar-refractivity contribution in [2.24, 2.45) is 10.7 Å². The summed E-state index contributed by atoms with van der Waals surface area (Å²) in [6.07, 6.45) is 2.57. The lowest BCUT2D eigenvalue weighted by atomic mass is 10.1. The first-order valence-electron chi connectivity index (χ1n) is 3.10. The van der Waals surface area contributed by atoms with Crippen LogP contribution in [-0.2, 0) is 0 Å². The van der Waals surface area contributed by atoms with Gasteiger partial charge in [-0.1, -0.05) is 6.92 Å². The van der Waals surface area contributed by atoms with Crippen molar-refractivity contribution in [3.05, 3.63) is 11.8 Å². The molecule has 0 saturated heterocycles. The molecule has 0 rings (SSSR count). The van der Waals surface area contributed by atoms with Gasteiger partial charge in [0, 0.05) is 12.8 Å². The molecule has 0 aromatic heterocycles. The van der Waals surface area contributed by atoms with E-state index in [4.69, 9.17) is 5.73 Å². The monoisotopic (exact) mass is 126 g/mol. The van der Waals surface area contributed by atoms with E-state index in [0.717, 1.165) is 17.7 Å². The van der Waals surface area contributed by atoms with Crippen LogP contribution in [0.3, 0.4) is 0 Å². The Morgan fingerprint density at radius 3 is 2.33 bits per heavy atom. The lowest BCUT2D eigenvalue weighted by Gasteiger charge is -1.99. The Morgan fingerprint density at radius 1 is 1.67 bits per heavy atom. The summed E-state index contributed by atoms with van der Waals surface area (Å²) in [7, 11) is 1.77. The fourth-order valence-corrected chi connectivity index (χ4v) is 0.638. The van der Waals surface area contributed by atoms with Gasteiger partial charge in [0.1, 0.15) is 0 Å². The van der Waals surface area contributed by atoms with E-state index in [-0.39, 0.29) is 0 Å². The van der Waals surface area contributed by atoms with Gasteiger partial charge in [0.25, 0.3) is 0 Å². The van der Waals surface area contributed by atoms with Crippen LogP contribution >= 0.6 is 0 Å². The number of allylic oxidation sites excluding steroid dienone is 1. The average Bonchev–Trinajstić information content (AvgIpc) is 1.90. The van der Waals surface area contributed by atoms with Gasteiger partial charge in [-0.2, -0.15) is 0 Å². The number of hydrogen-bond donors (Lipinski definition) is 1. The summed E-state index contributed by atoms with van der Waals surface area (Å²) in [5.74, 6) is 0. The third-order valence-corrected chi connectivity index (χ3v) is 1.38. The first kappa shape index (κ1) is 8.21. The minimum Gasteiger partial charge on any atom is -0.404 e. The molecule has 0 aliphatic rings. The van der Waals surface area contributed by atoms with Crippen molar-refractivity contribution in [1.29, 1.82) is 0 Å². The van der Waals surface area contributed by atoms with E-state index >= 15 is 0 Å². The Labute approximate surface area is 56.5 Å². The first-order valence-corrected chi connectivity index (χ1v) is 3.10. The lowest BCUT2D eigenvalue weighted by molar-refractivity contribution is 1.15. The second-order valence-electron chi connectivity index (χ2n) is 1.85. The standard InChI is InChI=1S/C7H14N2/c1-4-7(5-8)6(2)9-3/h5H,4,8H2,1-3H3. The summed E-state index contributed by atoms with van der Waals surface area (Å²) < 4.78 is 0. The summed E-state index contributed by atoms with van der Waals surface area (Å²) in [5.41, 5.74) is 7.47. The molecule has 52 valence electrons. The second kappa shape index (κ2) is 4.13. The van der Waals surface area contributed by atoms with Crippen molar-refractivity contribution >= 4 is 5.71 Å². The predicted octanol–water partition coefficient (Wildman–Crippen LogP) is 1.33. The Hall–Kier alpha value is -0.790. The third-order valence-electron chi connectivity index (χ3n) is 1.38. The van der Waals surface area contributed by atoms with E-state index < -0.39 is 0 Å². The third kappa shape index (κ3) is 2.31. The number of nitrogens with two attached hydrogens (primary N) is 1. The fraction of sp³-hybridized carbons (Fsp3) is 0.571. The molecule has 0 aliphatic heterocycles. The summed E-state index contributed by atoms with van der Waals surface area (Å²) in [4.78, 5) is 4.00. The van der Waals surface area contributed by atoms with Gasteiger partial charge in [0.05, 0.1) is 0 Å². The second-order valence-corrected chi connectivity index (χ2v) is 1.85. The van der Waals surface area contributed by atoms with Gasteiger partial charge in [0.15, 0.2) is 0 Å². The van der Waals surface area contributed by atoms with Crippen molar-refractivity contribution in [2.45, 2.75) is 20.3 Å². The minimum atomic E-state index is 0.958. The van der Waals surface area contributed by atoms with Crippen LogP contribution in [0.4, 0.5) is 0 Å². The number of nitrogens with zero attached hydrogens (tertiary/aromatic N) is 1. The lowest BCUT2D eigenvalue weighted by Crippen LogP contribution is -1.98. The van der Waals surface area contributed by atoms with Crippen LogP contribution < -0.4 is 5.73 Å². The highest BCUT2D eigenvalue weighted by Crippen LogP contribution is 1.99. The molecule has 9 heavy (non-hydrogen) atoms. The zero-order valence-corrected chi connectivity index (χ0v) is 6.31. The van der Waals surface area contributed by atoms with Crippen molar-refractivity contribution in [1.82, 2.24) is 0 Å². The number of rotatable bonds is 2. The average molecular weight is 126 g/mol.